The summed E-state index contributed by atoms with van der Waals surface area (Å²) in [7, 11) is 0. The molecule has 0 fully saturated rings. The van der Waals surface area contributed by atoms with E-state index in [1.54, 1.807) is 0 Å². The number of terminal acetylenes is 1. The van der Waals surface area contributed by atoms with Gasteiger partial charge in [-0.2, -0.15) is 0 Å². The Kier molecular flexibility index (Phi) is 5.86. The van der Waals surface area contributed by atoms with Gasteiger partial charge in [-0.05, 0) is 32.8 Å². The lowest BCUT2D eigenvalue weighted by atomic mass is 10.3. The van der Waals surface area contributed by atoms with Gasteiger partial charge < -0.3 is 4.48 Å². The van der Waals surface area contributed by atoms with Crippen LogP contribution in [0.2, 0.25) is 0 Å². The Labute approximate surface area is 87.0 Å². The molecule has 1 nitrogen and oxygen atoms in total. The average Bonchev–Trinajstić information content (AvgIpc) is 2.12. The molecule has 0 spiro atoms. The van der Waals surface area contributed by atoms with Crippen LogP contribution in [0.3, 0.4) is 0 Å². The Morgan fingerprint density at radius 3 is 2.31 bits per heavy atom. The number of halogens is 1. The van der Waals surface area contributed by atoms with Crippen LogP contribution in [0.5, 0.6) is 0 Å². The van der Waals surface area contributed by atoms with Crippen molar-refractivity contribution < 1.29 is 4.48 Å². The topological polar surface area (TPSA) is 0 Å². The van der Waals surface area contributed by atoms with Gasteiger partial charge in [-0.25, -0.2) is 0 Å². The largest absolute Gasteiger partial charge is 0.311 e. The van der Waals surface area contributed by atoms with E-state index in [1.165, 1.54) is 0 Å². The molecule has 0 rings (SSSR count). The number of likely N-dealkylation sites (N-methyl/N-ethyl adjacent to an activating group) is 1. The molecule has 2 heteroatoms. The molecule has 0 N–H and O–H groups in total. The van der Waals surface area contributed by atoms with Gasteiger partial charge in [-0.1, -0.05) is 11.6 Å². The van der Waals surface area contributed by atoms with Crippen LogP contribution in [0.4, 0.5) is 0 Å². The summed E-state index contributed by atoms with van der Waals surface area (Å²) < 4.78 is 0.931. The number of rotatable bonds is 5. The minimum absolute atomic E-state index is 0.785. The highest BCUT2D eigenvalue weighted by atomic mass is 35.5. The number of allylic oxidation sites excluding steroid dienone is 1. The SMILES string of the molecule is C#CC[N+](CC)(CC)CC=C(C)Cl. The molecule has 0 unspecified atom stereocenters. The first-order valence-corrected chi connectivity index (χ1v) is 5.09. The van der Waals surface area contributed by atoms with E-state index in [2.05, 4.69) is 19.8 Å². The van der Waals surface area contributed by atoms with Gasteiger partial charge in [0, 0.05) is 5.03 Å². The zero-order valence-corrected chi connectivity index (χ0v) is 9.56. The van der Waals surface area contributed by atoms with Crippen molar-refractivity contribution in [2.45, 2.75) is 20.8 Å². The lowest BCUT2D eigenvalue weighted by Crippen LogP contribution is -2.48. The predicted molar refractivity (Wildman–Crippen MR) is 59.5 cm³/mol. The monoisotopic (exact) mass is 200 g/mol. The summed E-state index contributed by atoms with van der Waals surface area (Å²) in [4.78, 5) is 0. The van der Waals surface area contributed by atoms with E-state index in [4.69, 9.17) is 18.0 Å². The summed E-state index contributed by atoms with van der Waals surface area (Å²) in [6.07, 6.45) is 7.40. The summed E-state index contributed by atoms with van der Waals surface area (Å²) in [5, 5.41) is 0.849. The third-order valence-electron chi connectivity index (χ3n) is 2.53. The molecule has 0 bridgehead atoms. The minimum Gasteiger partial charge on any atom is -0.311 e. The van der Waals surface area contributed by atoms with Crippen LogP contribution >= 0.6 is 11.6 Å². The second-order valence-corrected chi connectivity index (χ2v) is 3.91. The molecule has 0 amide bonds. The molecule has 74 valence electrons. The molecule has 0 saturated carbocycles. The van der Waals surface area contributed by atoms with Crippen molar-refractivity contribution in [1.82, 2.24) is 0 Å². The van der Waals surface area contributed by atoms with Gasteiger partial charge >= 0.3 is 0 Å². The molecular formula is C11H19ClN+. The van der Waals surface area contributed by atoms with Crippen LogP contribution in [-0.4, -0.2) is 30.7 Å². The summed E-state index contributed by atoms with van der Waals surface area (Å²) in [5.41, 5.74) is 0. The molecule has 0 heterocycles. The van der Waals surface area contributed by atoms with Gasteiger partial charge in [-0.3, -0.25) is 0 Å². The summed E-state index contributed by atoms with van der Waals surface area (Å²) in [6.45, 7) is 10.1. The fraction of sp³-hybridized carbons (Fsp3) is 0.636. The van der Waals surface area contributed by atoms with Crippen LogP contribution in [0.25, 0.3) is 0 Å². The molecule has 0 saturated heterocycles. The lowest BCUT2D eigenvalue weighted by Gasteiger charge is -2.33. The van der Waals surface area contributed by atoms with E-state index in [9.17, 15) is 0 Å². The lowest BCUT2D eigenvalue weighted by molar-refractivity contribution is -0.912. The van der Waals surface area contributed by atoms with Crippen molar-refractivity contribution in [3.63, 3.8) is 0 Å². The van der Waals surface area contributed by atoms with Gasteiger partial charge in [0.2, 0.25) is 0 Å². The standard InChI is InChI=1S/C11H19ClN/c1-5-9-13(6-2,7-3)10-8-11(4)12/h1,8H,6-7,9-10H2,2-4H3/q+1. The zero-order chi connectivity index (χ0) is 10.3. The minimum atomic E-state index is 0.785. The maximum absolute atomic E-state index is 5.80. The van der Waals surface area contributed by atoms with Gasteiger partial charge in [0.25, 0.3) is 0 Å². The van der Waals surface area contributed by atoms with Gasteiger partial charge in [0.15, 0.2) is 0 Å². The third kappa shape index (κ3) is 4.36. The molecule has 0 aromatic heterocycles. The van der Waals surface area contributed by atoms with Crippen molar-refractivity contribution >= 4 is 11.6 Å². The van der Waals surface area contributed by atoms with E-state index < -0.39 is 0 Å². The Balaban J connectivity index is 4.40. The normalized spacial score (nSPS) is 12.7. The Morgan fingerprint density at radius 2 is 2.00 bits per heavy atom. The van der Waals surface area contributed by atoms with Crippen LogP contribution in [0, 0.1) is 12.3 Å². The number of nitrogens with zero attached hydrogens (tertiary/aromatic N) is 1. The molecular weight excluding hydrogens is 182 g/mol. The first kappa shape index (κ1) is 12.6. The third-order valence-corrected chi connectivity index (χ3v) is 2.68. The first-order chi connectivity index (χ1) is 6.10. The second kappa shape index (κ2) is 6.07. The Hall–Kier alpha value is -0.450. The molecule has 0 radical (unpaired) electrons. The molecule has 13 heavy (non-hydrogen) atoms. The van der Waals surface area contributed by atoms with Crippen molar-refractivity contribution in [3.05, 3.63) is 11.1 Å². The fourth-order valence-corrected chi connectivity index (χ4v) is 1.35. The van der Waals surface area contributed by atoms with Crippen molar-refractivity contribution in [1.29, 1.82) is 0 Å². The zero-order valence-electron chi connectivity index (χ0n) is 8.81. The Morgan fingerprint density at radius 1 is 1.46 bits per heavy atom. The smallest absolute Gasteiger partial charge is 0.140 e. The number of hydrogen-bond donors (Lipinski definition) is 0. The fourth-order valence-electron chi connectivity index (χ4n) is 1.28. The Bertz CT molecular complexity index is 205. The molecule has 0 aliphatic carbocycles. The van der Waals surface area contributed by atoms with Crippen LogP contribution in [-0.2, 0) is 0 Å². The maximum Gasteiger partial charge on any atom is 0.140 e. The first-order valence-electron chi connectivity index (χ1n) is 4.71. The van der Waals surface area contributed by atoms with E-state index in [0.29, 0.717) is 0 Å². The highest BCUT2D eigenvalue weighted by Crippen LogP contribution is 2.08. The summed E-state index contributed by atoms with van der Waals surface area (Å²) in [5.74, 6) is 2.73. The molecule has 0 aliphatic rings. The summed E-state index contributed by atoms with van der Waals surface area (Å²) >= 11 is 5.80. The van der Waals surface area contributed by atoms with Gasteiger partial charge in [0.1, 0.15) is 6.54 Å². The molecule has 0 aromatic rings. The second-order valence-electron chi connectivity index (χ2n) is 3.31. The van der Waals surface area contributed by atoms with Crippen molar-refractivity contribution in [2.75, 3.05) is 26.2 Å². The number of quaternary nitrogens is 1. The van der Waals surface area contributed by atoms with Crippen LogP contribution in [0.15, 0.2) is 11.1 Å². The van der Waals surface area contributed by atoms with Crippen molar-refractivity contribution in [2.24, 2.45) is 0 Å². The highest BCUT2D eigenvalue weighted by Gasteiger charge is 2.19. The highest BCUT2D eigenvalue weighted by molar-refractivity contribution is 6.29. The van der Waals surface area contributed by atoms with E-state index in [1.807, 2.05) is 13.0 Å². The predicted octanol–water partition coefficient (Wildman–Crippen LogP) is 2.62. The quantitative estimate of drug-likeness (QED) is 0.473. The van der Waals surface area contributed by atoms with Crippen LogP contribution in [0.1, 0.15) is 20.8 Å². The molecule has 0 atom stereocenters. The molecule has 0 aliphatic heterocycles. The average molecular weight is 201 g/mol. The van der Waals surface area contributed by atoms with E-state index in [0.717, 1.165) is 35.7 Å². The summed E-state index contributed by atoms with van der Waals surface area (Å²) in [6, 6.07) is 0. The van der Waals surface area contributed by atoms with E-state index >= 15 is 0 Å². The van der Waals surface area contributed by atoms with Crippen LogP contribution < -0.4 is 0 Å². The van der Waals surface area contributed by atoms with Gasteiger partial charge in [-0.15, -0.1) is 6.42 Å². The van der Waals surface area contributed by atoms with E-state index in [-0.39, 0.29) is 0 Å². The number of hydrogen-bond acceptors (Lipinski definition) is 0. The van der Waals surface area contributed by atoms with Gasteiger partial charge in [0.05, 0.1) is 19.6 Å². The van der Waals surface area contributed by atoms with Crippen molar-refractivity contribution in [3.8, 4) is 12.3 Å². The maximum atomic E-state index is 5.80. The molecule has 0 aromatic carbocycles.